The third-order valence-electron chi connectivity index (χ3n) is 18.9. The van der Waals surface area contributed by atoms with Crippen LogP contribution in [0, 0.1) is 94.9 Å². The Morgan fingerprint density at radius 2 is 0.786 bits per heavy atom. The van der Waals surface area contributed by atoms with Gasteiger partial charge < -0.3 is 33.9 Å². The Balaban J connectivity index is 0.000000220. The second kappa shape index (κ2) is 43.7. The number of halogens is 2. The maximum atomic E-state index is 11.5. The Kier molecular flexibility index (Phi) is 36.6. The minimum absolute atomic E-state index is 0.250. The second-order valence-corrected chi connectivity index (χ2v) is 30.1. The van der Waals surface area contributed by atoms with Crippen molar-refractivity contribution < 1.29 is 53.1 Å². The lowest BCUT2D eigenvalue weighted by Gasteiger charge is -2.28. The molecule has 6 aromatic carbocycles. The van der Waals surface area contributed by atoms with Gasteiger partial charge in [0.15, 0.2) is 24.0 Å². The van der Waals surface area contributed by atoms with E-state index in [1.165, 1.54) is 106 Å². The highest BCUT2D eigenvalue weighted by molar-refractivity contribution is 9.10. The normalized spacial score (nSPS) is 16.7. The van der Waals surface area contributed by atoms with Crippen LogP contribution in [0.3, 0.4) is 0 Å². The predicted octanol–water partition coefficient (Wildman–Crippen LogP) is 24.2. The first-order valence-corrected chi connectivity index (χ1v) is 39.0. The van der Waals surface area contributed by atoms with Gasteiger partial charge >= 0.3 is 5.97 Å². The number of carboxylic acids is 1. The summed E-state index contributed by atoms with van der Waals surface area (Å²) in [5.74, 6) is 7.16. The summed E-state index contributed by atoms with van der Waals surface area (Å²) in [6.45, 7) is 39.6. The summed E-state index contributed by atoms with van der Waals surface area (Å²) in [6.07, 6.45) is 26.9. The van der Waals surface area contributed by atoms with Crippen molar-refractivity contribution in [2.45, 2.75) is 233 Å². The van der Waals surface area contributed by atoms with Gasteiger partial charge in [-0.05, 0) is 384 Å². The molecule has 0 amide bonds. The summed E-state index contributed by atoms with van der Waals surface area (Å²) < 4.78 is 30.0. The molecule has 103 heavy (non-hydrogen) atoms. The number of carbonyl (C=O) groups excluding carboxylic acids is 3. The molecule has 2 N–H and O–H groups in total. The van der Waals surface area contributed by atoms with Gasteiger partial charge in [0.25, 0.3) is 0 Å². The van der Waals surface area contributed by atoms with Crippen LogP contribution in [0.2, 0.25) is 0 Å². The fraction of sp³-hybridized carbons (Fsp3) is 0.467. The van der Waals surface area contributed by atoms with E-state index >= 15 is 0 Å². The number of hydrogen-bond acceptors (Lipinski definition) is 10. The summed E-state index contributed by atoms with van der Waals surface area (Å²) in [6, 6.07) is 25.3. The van der Waals surface area contributed by atoms with Gasteiger partial charge in [-0.1, -0.05) is 82.8 Å². The number of aromatic hydroxyl groups is 1. The van der Waals surface area contributed by atoms with E-state index in [1.54, 1.807) is 18.2 Å². The number of ether oxygens (including phenoxy) is 5. The van der Waals surface area contributed by atoms with Gasteiger partial charge in [0, 0.05) is 28.2 Å². The Hall–Kier alpha value is -7.48. The molecule has 5 aliphatic rings. The molecule has 0 spiro atoms. The molecule has 0 aliphatic heterocycles. The Morgan fingerprint density at radius 3 is 1.13 bits per heavy atom. The van der Waals surface area contributed by atoms with Crippen LogP contribution >= 0.6 is 31.9 Å². The summed E-state index contributed by atoms with van der Waals surface area (Å²) in [7, 11) is 0. The SMILES string of the molecule is CCOc1c(C)cc(Br)cc1C.CCOc1c(C)cc(C2=CC(=O)CCC2)cc1C.CCOc1c(C)cc(C2=CC(=O)CCC2)cc1C.CCOc1c(C)cc(C2=CC(C)CCC2)cc1C.Cc1cc(Br)cc(C)c1O.Cc1cc(C2CCCC(C)C2)cc(C)c1OCC(=O)O.O=C1C=CCCC1. The van der Waals surface area contributed by atoms with Gasteiger partial charge in [-0.3, -0.25) is 14.4 Å². The highest BCUT2D eigenvalue weighted by atomic mass is 79.9. The van der Waals surface area contributed by atoms with E-state index in [1.807, 2.05) is 73.6 Å². The number of aryl methyl sites for hydroxylation is 12. The lowest BCUT2D eigenvalue weighted by Crippen LogP contribution is -2.13. The molecule has 0 aromatic heterocycles. The molecule has 3 unspecified atom stereocenters. The van der Waals surface area contributed by atoms with Crippen molar-refractivity contribution in [3.05, 3.63) is 201 Å². The van der Waals surface area contributed by atoms with Gasteiger partial charge in [-0.2, -0.15) is 0 Å². The molecule has 558 valence electrons. The molecule has 3 atom stereocenters. The standard InChI is InChI=1S/C17H24O3.C17H24O.2C16H20O2.C10H13BrO.C8H9BrO.C6H8O/c1-11-5-4-6-14(7-11)15-8-12(2)17(13(3)9-15)20-10-16(18)19;1-5-18-17-13(3)10-16(11-14(17)4)15-8-6-7-12(2)9-15;2*1-4-18-16-11(2)8-14(9-12(16)3)13-6-5-7-15(17)10-13;1-4-12-10-7(2)5-9(11)6-8(10)3;1-5-3-7(9)4-6(2)8(5)10;7-6-4-2-1-3-5-6/h8-9,11,14H,4-7,10H2,1-3H3,(H,18,19);9-12H,5-8H2,1-4H3;2*8-10H,4-7H2,1-3H3;5-6H,4H2,1-3H3;3-4,10H,1-2H3;2,4H,1,3,5H2. The number of allylic oxidation sites excluding steroid dienone is 8. The first kappa shape index (κ1) is 86.2. The van der Waals surface area contributed by atoms with Gasteiger partial charge in [-0.25, -0.2) is 4.79 Å². The van der Waals surface area contributed by atoms with Gasteiger partial charge in [0.1, 0.15) is 34.5 Å². The number of phenols is 1. The molecule has 0 heterocycles. The summed E-state index contributed by atoms with van der Waals surface area (Å²) in [4.78, 5) is 44.0. The second-order valence-electron chi connectivity index (χ2n) is 28.2. The lowest BCUT2D eigenvalue weighted by atomic mass is 9.78. The van der Waals surface area contributed by atoms with Gasteiger partial charge in [-0.15, -0.1) is 0 Å². The van der Waals surface area contributed by atoms with Crippen LogP contribution < -0.4 is 23.7 Å². The van der Waals surface area contributed by atoms with E-state index in [2.05, 4.69) is 168 Å². The molecule has 5 aliphatic carbocycles. The van der Waals surface area contributed by atoms with Crippen molar-refractivity contribution in [1.82, 2.24) is 0 Å². The quantitative estimate of drug-likeness (QED) is 0.101. The average Bonchev–Trinajstić information content (AvgIpc) is 0.834. The molecule has 11 nitrogen and oxygen atoms in total. The number of rotatable bonds is 15. The van der Waals surface area contributed by atoms with Gasteiger partial charge in [0.05, 0.1) is 26.4 Å². The fourth-order valence-electron chi connectivity index (χ4n) is 14.1. The number of phenolic OH excluding ortho intramolecular Hbond substituents is 1. The van der Waals surface area contributed by atoms with E-state index in [9.17, 15) is 24.3 Å². The lowest BCUT2D eigenvalue weighted by molar-refractivity contribution is -0.139. The van der Waals surface area contributed by atoms with Crippen LogP contribution in [0.1, 0.15) is 239 Å². The Labute approximate surface area is 634 Å². The molecular weight excluding hydrogens is 1420 g/mol. The number of carbonyl (C=O) groups is 4. The number of hydrogen-bond donors (Lipinski definition) is 2. The monoisotopic (exact) mass is 1530 g/mol. The predicted molar refractivity (Wildman–Crippen MR) is 433 cm³/mol. The van der Waals surface area contributed by atoms with E-state index in [-0.39, 0.29) is 24.0 Å². The molecule has 1 saturated carbocycles. The zero-order valence-electron chi connectivity index (χ0n) is 65.2. The minimum Gasteiger partial charge on any atom is -0.507 e. The molecule has 13 heteroatoms. The smallest absolute Gasteiger partial charge is 0.341 e. The third kappa shape index (κ3) is 28.2. The minimum atomic E-state index is -0.936. The zero-order valence-corrected chi connectivity index (χ0v) is 68.4. The summed E-state index contributed by atoms with van der Waals surface area (Å²) in [5, 5.41) is 18.0. The van der Waals surface area contributed by atoms with Crippen molar-refractivity contribution in [3.8, 4) is 34.5 Å². The van der Waals surface area contributed by atoms with Crippen molar-refractivity contribution in [2.75, 3.05) is 33.0 Å². The van der Waals surface area contributed by atoms with Crippen molar-refractivity contribution in [1.29, 1.82) is 0 Å². The molecule has 1 fully saturated rings. The fourth-order valence-corrected chi connectivity index (χ4v) is 15.5. The molecule has 0 saturated heterocycles. The summed E-state index contributed by atoms with van der Waals surface area (Å²) in [5.41, 5.74) is 22.3. The highest BCUT2D eigenvalue weighted by Crippen LogP contribution is 2.40. The number of benzene rings is 6. The van der Waals surface area contributed by atoms with E-state index in [0.29, 0.717) is 37.7 Å². The van der Waals surface area contributed by atoms with Crippen molar-refractivity contribution >= 4 is 71.9 Å². The highest BCUT2D eigenvalue weighted by Gasteiger charge is 2.23. The summed E-state index contributed by atoms with van der Waals surface area (Å²) >= 11 is 6.78. The van der Waals surface area contributed by atoms with Crippen molar-refractivity contribution in [3.63, 3.8) is 0 Å². The van der Waals surface area contributed by atoms with Crippen LogP contribution in [-0.2, 0) is 19.2 Å². The number of aliphatic carboxylic acids is 1. The van der Waals surface area contributed by atoms with Crippen LogP contribution in [0.15, 0.2) is 112 Å². The van der Waals surface area contributed by atoms with Crippen LogP contribution in [-0.4, -0.2) is 66.6 Å². The maximum Gasteiger partial charge on any atom is 0.341 e. The average molecular weight is 1540 g/mol. The van der Waals surface area contributed by atoms with E-state index in [4.69, 9.17) is 28.8 Å². The van der Waals surface area contributed by atoms with E-state index in [0.717, 1.165) is 152 Å². The molecule has 0 radical (unpaired) electrons. The molecule has 0 bridgehead atoms. The Morgan fingerprint density at radius 1 is 0.427 bits per heavy atom. The zero-order chi connectivity index (χ0) is 76.0. The first-order chi connectivity index (χ1) is 49.0. The third-order valence-corrected chi connectivity index (χ3v) is 19.8. The maximum absolute atomic E-state index is 11.5. The van der Waals surface area contributed by atoms with Gasteiger partial charge in [0.2, 0.25) is 0 Å². The molecule has 6 aromatic rings. The molecule has 11 rings (SSSR count). The van der Waals surface area contributed by atoms with Crippen LogP contribution in [0.25, 0.3) is 16.7 Å². The van der Waals surface area contributed by atoms with E-state index < -0.39 is 5.97 Å². The number of carboxylic acid groups (broad SMARTS) is 1. The van der Waals surface area contributed by atoms with Crippen LogP contribution in [0.5, 0.6) is 34.5 Å². The largest absolute Gasteiger partial charge is 0.507 e. The topological polar surface area (TPSA) is 155 Å². The molecular formula is C90H118Br2O11. The first-order valence-electron chi connectivity index (χ1n) is 37.4. The van der Waals surface area contributed by atoms with Crippen LogP contribution in [0.4, 0.5) is 0 Å². The Bertz CT molecular complexity index is 3740. The number of ketones is 3. The van der Waals surface area contributed by atoms with Crippen molar-refractivity contribution in [2.24, 2.45) is 11.8 Å².